The molecule has 2 aromatic rings. The Kier molecular flexibility index (Phi) is 14.6. The van der Waals surface area contributed by atoms with Crippen LogP contribution in [-0.4, -0.2) is 87.9 Å². The summed E-state index contributed by atoms with van der Waals surface area (Å²) in [4.78, 5) is 66.2. The summed E-state index contributed by atoms with van der Waals surface area (Å²) in [6, 6.07) is 4.60. The number of aromatic amines is 1. The molecule has 44 heavy (non-hydrogen) atoms. The van der Waals surface area contributed by atoms with Crippen LogP contribution in [0.5, 0.6) is 0 Å². The summed E-state index contributed by atoms with van der Waals surface area (Å²) in [5.41, 5.74) is 28.9. The Morgan fingerprint density at radius 3 is 1.89 bits per heavy atom. The van der Waals surface area contributed by atoms with Gasteiger partial charge in [0.1, 0.15) is 18.1 Å². The molecule has 4 unspecified atom stereocenters. The summed E-state index contributed by atoms with van der Waals surface area (Å²) in [5, 5.41) is 17.4. The van der Waals surface area contributed by atoms with Crippen molar-refractivity contribution < 1.29 is 24.3 Å². The van der Waals surface area contributed by atoms with Crippen LogP contribution in [0.1, 0.15) is 36.9 Å². The second-order valence-electron chi connectivity index (χ2n) is 10.00. The van der Waals surface area contributed by atoms with E-state index in [1.165, 1.54) is 12.5 Å². The Bertz CT molecular complexity index is 1260. The Hall–Kier alpha value is -5.19. The highest BCUT2D eigenvalue weighted by Crippen LogP contribution is 2.07. The number of carbonyl (C=O) groups excluding carboxylic acids is 3. The predicted octanol–water partition coefficient (Wildman–Crippen LogP) is -2.83. The molecular formula is C27H42N12O5. The van der Waals surface area contributed by atoms with Gasteiger partial charge in [-0.2, -0.15) is 0 Å². The van der Waals surface area contributed by atoms with E-state index in [0.717, 1.165) is 5.56 Å². The first-order valence-corrected chi connectivity index (χ1v) is 14.0. The highest BCUT2D eigenvalue weighted by Gasteiger charge is 2.30. The van der Waals surface area contributed by atoms with Crippen LogP contribution in [0.15, 0.2) is 52.8 Å². The third kappa shape index (κ3) is 13.2. The Labute approximate surface area is 254 Å². The summed E-state index contributed by atoms with van der Waals surface area (Å²) in [6.45, 7) is 0.327. The first-order chi connectivity index (χ1) is 21.0. The number of rotatable bonds is 19. The molecule has 0 radical (unpaired) electrons. The lowest BCUT2D eigenvalue weighted by atomic mass is 10.0. The van der Waals surface area contributed by atoms with Gasteiger partial charge in [0, 0.05) is 31.4 Å². The fourth-order valence-electron chi connectivity index (χ4n) is 4.14. The molecular weight excluding hydrogens is 572 g/mol. The van der Waals surface area contributed by atoms with E-state index in [1.807, 2.05) is 30.3 Å². The molecule has 1 aromatic heterocycles. The number of nitrogens with one attached hydrogen (secondary N) is 4. The van der Waals surface area contributed by atoms with E-state index in [2.05, 4.69) is 35.9 Å². The van der Waals surface area contributed by atoms with Crippen molar-refractivity contribution in [1.29, 1.82) is 0 Å². The van der Waals surface area contributed by atoms with Crippen LogP contribution in [0.4, 0.5) is 0 Å². The molecule has 0 aliphatic carbocycles. The van der Waals surface area contributed by atoms with Gasteiger partial charge in [-0.3, -0.25) is 24.4 Å². The molecule has 2 rings (SSSR count). The lowest BCUT2D eigenvalue weighted by Gasteiger charge is -2.25. The minimum Gasteiger partial charge on any atom is -0.480 e. The van der Waals surface area contributed by atoms with Crippen molar-refractivity contribution in [2.45, 2.75) is 62.7 Å². The number of carboxylic acids is 1. The van der Waals surface area contributed by atoms with Crippen LogP contribution < -0.4 is 44.6 Å². The molecule has 240 valence electrons. The average molecular weight is 615 g/mol. The van der Waals surface area contributed by atoms with Gasteiger partial charge in [0.05, 0.1) is 12.4 Å². The van der Waals surface area contributed by atoms with Crippen LogP contribution in [0.2, 0.25) is 0 Å². The topological polar surface area (TPSA) is 308 Å². The predicted molar refractivity (Wildman–Crippen MR) is 164 cm³/mol. The molecule has 17 heteroatoms. The third-order valence-electron chi connectivity index (χ3n) is 6.39. The van der Waals surface area contributed by atoms with Crippen LogP contribution in [-0.2, 0) is 32.0 Å². The first kappa shape index (κ1) is 35.0. The number of guanidine groups is 2. The molecule has 0 fully saturated rings. The summed E-state index contributed by atoms with van der Waals surface area (Å²) >= 11 is 0. The summed E-state index contributed by atoms with van der Waals surface area (Å²) in [6.07, 6.45) is 3.82. The number of hydrogen-bond donors (Lipinski definition) is 10. The molecule has 3 amide bonds. The number of hydrogen-bond acceptors (Lipinski definition) is 8. The standard InChI is InChI=1S/C27H42N12O5/c28-18(12-16-6-2-1-3-7-16)22(40)39-21(13-17-14-33-15-36-17)24(42)37-19(8-4-10-34-26(29)30)23(41)38-20(25(43)44)9-5-11-35-27(31)32/h1-3,6-7,14-15,18-21H,4-5,8-13,28H2,(H,33,36)(H,37,42)(H,38,41)(H,39,40)(H,43,44)(H4,29,30,34)(H4,31,32,35). The molecule has 15 N–H and O–H groups in total. The van der Waals surface area contributed by atoms with Crippen LogP contribution in [0, 0.1) is 0 Å². The zero-order valence-corrected chi connectivity index (χ0v) is 24.3. The summed E-state index contributed by atoms with van der Waals surface area (Å²) < 4.78 is 0. The van der Waals surface area contributed by atoms with Crippen LogP contribution in [0.3, 0.4) is 0 Å². The number of H-pyrrole nitrogens is 1. The highest BCUT2D eigenvalue weighted by atomic mass is 16.4. The van der Waals surface area contributed by atoms with Crippen molar-refractivity contribution in [3.63, 3.8) is 0 Å². The van der Waals surface area contributed by atoms with E-state index >= 15 is 0 Å². The fourth-order valence-corrected chi connectivity index (χ4v) is 4.14. The van der Waals surface area contributed by atoms with Gasteiger partial charge in [0.25, 0.3) is 0 Å². The minimum absolute atomic E-state index is 0.0144. The molecule has 1 heterocycles. The number of imidazole rings is 1. The van der Waals surface area contributed by atoms with E-state index < -0.39 is 47.9 Å². The molecule has 0 aliphatic rings. The zero-order valence-electron chi connectivity index (χ0n) is 24.3. The largest absolute Gasteiger partial charge is 0.480 e. The SMILES string of the molecule is NC(N)=NCCCC(NC(=O)C(CCCN=C(N)N)NC(=O)C(Cc1cnc[nH]1)NC(=O)C(N)Cc1ccccc1)C(=O)O. The normalized spacial score (nSPS) is 13.4. The molecule has 0 saturated carbocycles. The van der Waals surface area contributed by atoms with Gasteiger partial charge in [-0.1, -0.05) is 30.3 Å². The quantitative estimate of drug-likeness (QED) is 0.0436. The number of nitrogens with zero attached hydrogens (tertiary/aromatic N) is 3. The Morgan fingerprint density at radius 1 is 0.795 bits per heavy atom. The van der Waals surface area contributed by atoms with E-state index in [1.54, 1.807) is 0 Å². The second kappa shape index (κ2) is 18.4. The van der Waals surface area contributed by atoms with Gasteiger partial charge in [-0.25, -0.2) is 9.78 Å². The van der Waals surface area contributed by atoms with E-state index in [0.29, 0.717) is 5.69 Å². The maximum absolute atomic E-state index is 13.5. The smallest absolute Gasteiger partial charge is 0.326 e. The van der Waals surface area contributed by atoms with Gasteiger partial charge in [0.15, 0.2) is 11.9 Å². The maximum atomic E-state index is 13.5. The fraction of sp³-hybridized carbons (Fsp3) is 0.444. The monoisotopic (exact) mass is 614 g/mol. The van der Waals surface area contributed by atoms with E-state index in [-0.39, 0.29) is 63.5 Å². The van der Waals surface area contributed by atoms with Gasteiger partial charge in [0.2, 0.25) is 17.7 Å². The molecule has 0 spiro atoms. The summed E-state index contributed by atoms with van der Waals surface area (Å²) in [5.74, 6) is -3.57. The highest BCUT2D eigenvalue weighted by molar-refractivity contribution is 5.94. The Balaban J connectivity index is 2.19. The van der Waals surface area contributed by atoms with Crippen molar-refractivity contribution in [2.75, 3.05) is 13.1 Å². The second-order valence-corrected chi connectivity index (χ2v) is 10.00. The number of nitrogens with two attached hydrogens (primary N) is 5. The average Bonchev–Trinajstić information content (AvgIpc) is 3.49. The maximum Gasteiger partial charge on any atom is 0.326 e. The molecule has 4 atom stereocenters. The van der Waals surface area contributed by atoms with Crippen molar-refractivity contribution in [2.24, 2.45) is 38.7 Å². The third-order valence-corrected chi connectivity index (χ3v) is 6.39. The molecule has 17 nitrogen and oxygen atoms in total. The van der Waals surface area contributed by atoms with E-state index in [4.69, 9.17) is 28.7 Å². The summed E-state index contributed by atoms with van der Waals surface area (Å²) in [7, 11) is 0. The van der Waals surface area contributed by atoms with Crippen LogP contribution in [0.25, 0.3) is 0 Å². The van der Waals surface area contributed by atoms with E-state index in [9.17, 15) is 24.3 Å². The van der Waals surface area contributed by atoms with Crippen molar-refractivity contribution in [3.8, 4) is 0 Å². The lowest BCUT2D eigenvalue weighted by molar-refractivity contribution is -0.142. The number of benzene rings is 1. The van der Waals surface area contributed by atoms with Crippen LogP contribution >= 0.6 is 0 Å². The van der Waals surface area contributed by atoms with Crippen molar-refractivity contribution in [3.05, 3.63) is 54.1 Å². The first-order valence-electron chi connectivity index (χ1n) is 14.0. The lowest BCUT2D eigenvalue weighted by Crippen LogP contribution is -2.57. The van der Waals surface area contributed by atoms with Gasteiger partial charge in [-0.05, 0) is 37.7 Å². The van der Waals surface area contributed by atoms with Crippen molar-refractivity contribution in [1.82, 2.24) is 25.9 Å². The Morgan fingerprint density at radius 2 is 1.34 bits per heavy atom. The van der Waals surface area contributed by atoms with Gasteiger partial charge in [-0.15, -0.1) is 0 Å². The number of carboxylic acid groups (broad SMARTS) is 1. The molecule has 0 bridgehead atoms. The van der Waals surface area contributed by atoms with Gasteiger partial charge >= 0.3 is 5.97 Å². The molecule has 0 saturated heterocycles. The van der Waals surface area contributed by atoms with Crippen molar-refractivity contribution >= 4 is 35.6 Å². The minimum atomic E-state index is -1.27. The van der Waals surface area contributed by atoms with Gasteiger partial charge < -0.3 is 54.7 Å². The molecule has 0 aliphatic heterocycles. The zero-order chi connectivity index (χ0) is 32.5. The number of aliphatic carboxylic acids is 1. The number of aromatic nitrogens is 2. The number of carbonyl (C=O) groups is 4. The number of amides is 3. The number of aliphatic imine (C=N–C) groups is 2. The molecule has 1 aromatic carbocycles.